The Morgan fingerprint density at radius 3 is 2.24 bits per heavy atom. The minimum atomic E-state index is -4.63. The largest absolute Gasteiger partial charge is 0.496 e. The molecular formula is C28H28F3NO5. The summed E-state index contributed by atoms with van der Waals surface area (Å²) in [4.78, 5) is 25.2. The van der Waals surface area contributed by atoms with E-state index in [0.717, 1.165) is 12.1 Å². The van der Waals surface area contributed by atoms with E-state index in [2.05, 4.69) is 0 Å². The van der Waals surface area contributed by atoms with Crippen molar-refractivity contribution in [1.82, 2.24) is 4.90 Å². The van der Waals surface area contributed by atoms with Crippen LogP contribution in [0.15, 0.2) is 66.7 Å². The molecule has 0 radical (unpaired) electrons. The predicted octanol–water partition coefficient (Wildman–Crippen LogP) is 5.48. The maximum Gasteiger partial charge on any atom is 0.416 e. The van der Waals surface area contributed by atoms with Crippen LogP contribution in [-0.2, 0) is 28.7 Å². The molecule has 0 saturated carbocycles. The van der Waals surface area contributed by atoms with Crippen molar-refractivity contribution >= 4 is 11.9 Å². The highest BCUT2D eigenvalue weighted by atomic mass is 19.4. The van der Waals surface area contributed by atoms with Gasteiger partial charge in [-0.25, -0.2) is 0 Å². The Morgan fingerprint density at radius 2 is 1.68 bits per heavy atom. The summed E-state index contributed by atoms with van der Waals surface area (Å²) in [6.45, 7) is 2.68. The van der Waals surface area contributed by atoms with E-state index in [1.54, 1.807) is 55.5 Å². The number of carboxylic acid groups (broad SMARTS) is 1. The molecule has 2 atom stereocenters. The fraction of sp³-hybridized carbons (Fsp3) is 0.286. The van der Waals surface area contributed by atoms with Crippen molar-refractivity contribution in [3.05, 3.63) is 89.0 Å². The zero-order chi connectivity index (χ0) is 27.3. The normalized spacial score (nSPS) is 13.1. The van der Waals surface area contributed by atoms with Crippen LogP contribution in [0.1, 0.15) is 42.2 Å². The highest BCUT2D eigenvalue weighted by Gasteiger charge is 2.32. The van der Waals surface area contributed by atoms with Crippen molar-refractivity contribution in [3.63, 3.8) is 0 Å². The molecule has 0 fully saturated rings. The molecule has 37 heavy (non-hydrogen) atoms. The number of carbonyl (C=O) groups excluding carboxylic acids is 1. The van der Waals surface area contributed by atoms with Crippen LogP contribution in [0.2, 0.25) is 0 Å². The topological polar surface area (TPSA) is 87.1 Å². The number of ether oxygens (including phenoxy) is 1. The Bertz CT molecular complexity index is 1260. The lowest BCUT2D eigenvalue weighted by Gasteiger charge is -2.33. The van der Waals surface area contributed by atoms with Crippen molar-refractivity contribution in [1.29, 1.82) is 0 Å². The van der Waals surface area contributed by atoms with E-state index in [0.29, 0.717) is 28.0 Å². The number of aliphatic hydroxyl groups is 1. The summed E-state index contributed by atoms with van der Waals surface area (Å²) in [7, 11) is 1.40. The van der Waals surface area contributed by atoms with Gasteiger partial charge in [0.25, 0.3) is 0 Å². The first-order valence-electron chi connectivity index (χ1n) is 11.5. The van der Waals surface area contributed by atoms with Crippen molar-refractivity contribution in [3.8, 4) is 16.9 Å². The van der Waals surface area contributed by atoms with Crippen LogP contribution in [0, 0.1) is 0 Å². The van der Waals surface area contributed by atoms with Gasteiger partial charge in [0.2, 0.25) is 5.91 Å². The standard InChI is InChI=1S/C28H28F3NO5/c1-17(27(36)20-7-5-4-6-8-20)32(18(2)33)16-21-15-22(28(29,30)31)10-11-23(21)24-13-19(14-26(34)35)9-12-25(24)37-3/h4-13,15,17,27,36H,14,16H2,1-3H3,(H,34,35). The van der Waals surface area contributed by atoms with Gasteiger partial charge in [-0.05, 0) is 53.4 Å². The number of halogens is 3. The van der Waals surface area contributed by atoms with Gasteiger partial charge in [-0.2, -0.15) is 13.2 Å². The van der Waals surface area contributed by atoms with E-state index < -0.39 is 35.8 Å². The van der Waals surface area contributed by atoms with E-state index in [4.69, 9.17) is 4.74 Å². The van der Waals surface area contributed by atoms with E-state index in [1.165, 1.54) is 25.0 Å². The van der Waals surface area contributed by atoms with Gasteiger partial charge in [-0.1, -0.05) is 42.5 Å². The molecule has 0 heterocycles. The van der Waals surface area contributed by atoms with Gasteiger partial charge in [0, 0.05) is 19.0 Å². The number of hydrogen-bond donors (Lipinski definition) is 2. The molecule has 9 heteroatoms. The number of benzene rings is 3. The maximum absolute atomic E-state index is 13.6. The average Bonchev–Trinajstić information content (AvgIpc) is 2.85. The molecule has 2 unspecified atom stereocenters. The zero-order valence-corrected chi connectivity index (χ0v) is 20.6. The highest BCUT2D eigenvalue weighted by molar-refractivity contribution is 5.78. The summed E-state index contributed by atoms with van der Waals surface area (Å²) in [5.74, 6) is -1.16. The van der Waals surface area contributed by atoms with Gasteiger partial charge in [0.1, 0.15) is 5.75 Å². The molecule has 0 saturated heterocycles. The smallest absolute Gasteiger partial charge is 0.416 e. The van der Waals surface area contributed by atoms with Crippen LogP contribution in [0.3, 0.4) is 0 Å². The van der Waals surface area contributed by atoms with Gasteiger partial charge >= 0.3 is 12.1 Å². The fourth-order valence-corrected chi connectivity index (χ4v) is 4.24. The molecule has 0 aliphatic rings. The number of hydrogen-bond acceptors (Lipinski definition) is 4. The third-order valence-corrected chi connectivity index (χ3v) is 6.18. The summed E-state index contributed by atoms with van der Waals surface area (Å²) < 4.78 is 46.4. The van der Waals surface area contributed by atoms with Gasteiger partial charge in [-0.15, -0.1) is 0 Å². The van der Waals surface area contributed by atoms with Gasteiger partial charge < -0.3 is 19.8 Å². The quantitative estimate of drug-likeness (QED) is 0.394. The third-order valence-electron chi connectivity index (χ3n) is 6.18. The Morgan fingerprint density at radius 1 is 1.00 bits per heavy atom. The first-order chi connectivity index (χ1) is 17.4. The number of methoxy groups -OCH3 is 1. The average molecular weight is 516 g/mol. The minimum Gasteiger partial charge on any atom is -0.496 e. The lowest BCUT2D eigenvalue weighted by Crippen LogP contribution is -2.40. The zero-order valence-electron chi connectivity index (χ0n) is 20.6. The maximum atomic E-state index is 13.6. The third kappa shape index (κ3) is 6.68. The second-order valence-electron chi connectivity index (χ2n) is 8.72. The lowest BCUT2D eigenvalue weighted by atomic mass is 9.93. The lowest BCUT2D eigenvalue weighted by molar-refractivity contribution is -0.138. The summed E-state index contributed by atoms with van der Waals surface area (Å²) in [6, 6.07) is 15.8. The molecule has 1 amide bonds. The molecular weight excluding hydrogens is 487 g/mol. The minimum absolute atomic E-state index is 0.169. The van der Waals surface area contributed by atoms with Crippen molar-refractivity contribution in [2.75, 3.05) is 7.11 Å². The molecule has 0 bridgehead atoms. The van der Waals surface area contributed by atoms with Crippen molar-refractivity contribution < 1.29 is 37.7 Å². The second-order valence-corrected chi connectivity index (χ2v) is 8.72. The number of nitrogens with zero attached hydrogens (tertiary/aromatic N) is 1. The molecule has 6 nitrogen and oxygen atoms in total. The molecule has 0 aromatic heterocycles. The molecule has 0 aliphatic carbocycles. The summed E-state index contributed by atoms with van der Waals surface area (Å²) in [5, 5.41) is 20.1. The molecule has 3 aromatic rings. The van der Waals surface area contributed by atoms with Crippen LogP contribution >= 0.6 is 0 Å². The van der Waals surface area contributed by atoms with Crippen LogP contribution in [-0.4, -0.2) is 40.1 Å². The molecule has 3 aromatic carbocycles. The van der Waals surface area contributed by atoms with Gasteiger partial charge in [-0.3, -0.25) is 9.59 Å². The molecule has 0 aliphatic heterocycles. The van der Waals surface area contributed by atoms with E-state index in [1.807, 2.05) is 0 Å². The summed E-state index contributed by atoms with van der Waals surface area (Å²) in [5.41, 5.74) is 1.02. The van der Waals surface area contributed by atoms with Crippen LogP contribution in [0.4, 0.5) is 13.2 Å². The van der Waals surface area contributed by atoms with Crippen LogP contribution in [0.25, 0.3) is 11.1 Å². The van der Waals surface area contributed by atoms with Crippen molar-refractivity contribution in [2.45, 2.75) is 45.1 Å². The van der Waals surface area contributed by atoms with Crippen LogP contribution in [0.5, 0.6) is 5.75 Å². The Labute approximate surface area is 212 Å². The molecule has 0 spiro atoms. The number of carboxylic acids is 1. The Kier molecular flexibility index (Phi) is 8.60. The number of rotatable bonds is 9. The number of carbonyl (C=O) groups is 2. The van der Waals surface area contributed by atoms with Crippen molar-refractivity contribution in [2.24, 2.45) is 0 Å². The van der Waals surface area contributed by atoms with E-state index in [9.17, 15) is 33.0 Å². The fourth-order valence-electron chi connectivity index (χ4n) is 4.24. The molecule has 3 rings (SSSR count). The van der Waals surface area contributed by atoms with E-state index in [-0.39, 0.29) is 18.5 Å². The Balaban J connectivity index is 2.13. The van der Waals surface area contributed by atoms with Gasteiger partial charge in [0.05, 0.1) is 31.2 Å². The van der Waals surface area contributed by atoms with Crippen LogP contribution < -0.4 is 4.74 Å². The monoisotopic (exact) mass is 515 g/mol. The predicted molar refractivity (Wildman–Crippen MR) is 132 cm³/mol. The number of aliphatic carboxylic acids is 1. The first kappa shape index (κ1) is 27.7. The number of amides is 1. The number of alkyl halides is 3. The molecule has 196 valence electrons. The summed E-state index contributed by atoms with van der Waals surface area (Å²) in [6.07, 6.45) is -5.99. The first-order valence-corrected chi connectivity index (χ1v) is 11.5. The second kappa shape index (κ2) is 11.5. The van der Waals surface area contributed by atoms with Gasteiger partial charge in [0.15, 0.2) is 0 Å². The number of aliphatic hydroxyl groups excluding tert-OH is 1. The summed E-state index contributed by atoms with van der Waals surface area (Å²) >= 11 is 0. The Hall–Kier alpha value is -3.85. The molecule has 2 N–H and O–H groups in total. The van der Waals surface area contributed by atoms with E-state index >= 15 is 0 Å². The highest BCUT2D eigenvalue weighted by Crippen LogP contribution is 2.38. The SMILES string of the molecule is COc1ccc(CC(=O)O)cc1-c1ccc(C(F)(F)F)cc1CN(C(C)=O)C(C)C(O)c1ccccc1.